The zero-order chi connectivity index (χ0) is 12.5. The number of hydrogen-bond acceptors (Lipinski definition) is 5. The van der Waals surface area contributed by atoms with Crippen molar-refractivity contribution in [3.63, 3.8) is 0 Å². The highest BCUT2D eigenvalue weighted by molar-refractivity contribution is 7.11. The summed E-state index contributed by atoms with van der Waals surface area (Å²) >= 11 is 1.75. The van der Waals surface area contributed by atoms with E-state index in [1.807, 2.05) is 0 Å². The number of aromatic nitrogens is 2. The summed E-state index contributed by atoms with van der Waals surface area (Å²) < 4.78 is 4.97. The van der Waals surface area contributed by atoms with Crippen LogP contribution in [0.5, 0.6) is 0 Å². The van der Waals surface area contributed by atoms with E-state index in [4.69, 9.17) is 4.74 Å². The molecule has 4 nitrogen and oxygen atoms in total. The summed E-state index contributed by atoms with van der Waals surface area (Å²) in [5.74, 6) is 0.704. The SMILES string of the molecule is CCC(C)Cc1nnc(CCNCCOC)s1. The van der Waals surface area contributed by atoms with Gasteiger partial charge in [-0.25, -0.2) is 0 Å². The second-order valence-electron chi connectivity index (χ2n) is 4.30. The van der Waals surface area contributed by atoms with E-state index in [9.17, 15) is 0 Å². The zero-order valence-electron chi connectivity index (χ0n) is 11.0. The van der Waals surface area contributed by atoms with Crippen LogP contribution in [0.1, 0.15) is 30.3 Å². The molecule has 0 spiro atoms. The fourth-order valence-corrected chi connectivity index (χ4v) is 2.42. The molecule has 1 heterocycles. The van der Waals surface area contributed by atoms with Crippen molar-refractivity contribution in [2.45, 2.75) is 33.1 Å². The molecule has 0 aliphatic heterocycles. The van der Waals surface area contributed by atoms with Crippen LogP contribution in [0.2, 0.25) is 0 Å². The van der Waals surface area contributed by atoms with Gasteiger partial charge in [-0.05, 0) is 5.92 Å². The number of nitrogens with zero attached hydrogens (tertiary/aromatic N) is 2. The Balaban J connectivity index is 2.21. The Kier molecular flexibility index (Phi) is 7.32. The zero-order valence-corrected chi connectivity index (χ0v) is 11.8. The van der Waals surface area contributed by atoms with E-state index in [1.54, 1.807) is 18.4 Å². The van der Waals surface area contributed by atoms with Crippen molar-refractivity contribution in [3.05, 3.63) is 10.0 Å². The fourth-order valence-electron chi connectivity index (χ4n) is 1.41. The Morgan fingerprint density at radius 3 is 2.76 bits per heavy atom. The molecule has 1 atom stereocenters. The molecule has 0 fully saturated rings. The van der Waals surface area contributed by atoms with E-state index >= 15 is 0 Å². The van der Waals surface area contributed by atoms with Gasteiger partial charge in [0.05, 0.1) is 6.61 Å². The fraction of sp³-hybridized carbons (Fsp3) is 0.833. The van der Waals surface area contributed by atoms with Gasteiger partial charge >= 0.3 is 0 Å². The monoisotopic (exact) mass is 257 g/mol. The maximum absolute atomic E-state index is 4.97. The van der Waals surface area contributed by atoms with Crippen molar-refractivity contribution in [1.82, 2.24) is 15.5 Å². The van der Waals surface area contributed by atoms with Crippen LogP contribution in [0.4, 0.5) is 0 Å². The number of rotatable bonds is 9. The average molecular weight is 257 g/mol. The molecule has 0 aliphatic carbocycles. The average Bonchev–Trinajstić information content (AvgIpc) is 2.76. The number of nitrogens with one attached hydrogen (secondary N) is 1. The number of methoxy groups -OCH3 is 1. The third kappa shape index (κ3) is 6.10. The Hall–Kier alpha value is -0.520. The maximum atomic E-state index is 4.97. The van der Waals surface area contributed by atoms with Crippen molar-refractivity contribution in [1.29, 1.82) is 0 Å². The lowest BCUT2D eigenvalue weighted by molar-refractivity contribution is 0.199. The normalized spacial score (nSPS) is 12.9. The summed E-state index contributed by atoms with van der Waals surface area (Å²) in [7, 11) is 1.72. The van der Waals surface area contributed by atoms with E-state index in [2.05, 4.69) is 29.4 Å². The molecule has 0 amide bonds. The summed E-state index contributed by atoms with van der Waals surface area (Å²) in [6.07, 6.45) is 3.22. The third-order valence-electron chi connectivity index (χ3n) is 2.73. The highest BCUT2D eigenvalue weighted by Gasteiger charge is 2.07. The summed E-state index contributed by atoms with van der Waals surface area (Å²) in [4.78, 5) is 0. The van der Waals surface area contributed by atoms with Gasteiger partial charge in [-0.3, -0.25) is 0 Å². The molecule has 1 rings (SSSR count). The molecule has 0 saturated heterocycles. The van der Waals surface area contributed by atoms with Gasteiger partial charge in [0, 0.05) is 33.0 Å². The minimum Gasteiger partial charge on any atom is -0.383 e. The van der Waals surface area contributed by atoms with Gasteiger partial charge < -0.3 is 10.1 Å². The van der Waals surface area contributed by atoms with Gasteiger partial charge in [-0.15, -0.1) is 21.5 Å². The lowest BCUT2D eigenvalue weighted by Gasteiger charge is -2.03. The molecular weight excluding hydrogens is 234 g/mol. The first kappa shape index (κ1) is 14.5. The van der Waals surface area contributed by atoms with Crippen molar-refractivity contribution in [2.24, 2.45) is 5.92 Å². The first-order valence-electron chi connectivity index (χ1n) is 6.27. The first-order valence-corrected chi connectivity index (χ1v) is 7.08. The summed E-state index contributed by atoms with van der Waals surface area (Å²) in [6.45, 7) is 7.07. The van der Waals surface area contributed by atoms with E-state index in [0.717, 1.165) is 37.5 Å². The van der Waals surface area contributed by atoms with Crippen molar-refractivity contribution in [2.75, 3.05) is 26.8 Å². The van der Waals surface area contributed by atoms with Gasteiger partial charge in [-0.1, -0.05) is 20.3 Å². The van der Waals surface area contributed by atoms with Crippen LogP contribution < -0.4 is 5.32 Å². The molecule has 98 valence electrons. The topological polar surface area (TPSA) is 47.0 Å². The Morgan fingerprint density at radius 2 is 2.06 bits per heavy atom. The van der Waals surface area contributed by atoms with E-state index in [0.29, 0.717) is 5.92 Å². The predicted molar refractivity (Wildman–Crippen MR) is 71.5 cm³/mol. The van der Waals surface area contributed by atoms with Crippen LogP contribution in [-0.4, -0.2) is 37.0 Å². The molecule has 0 aliphatic rings. The predicted octanol–water partition coefficient (Wildman–Crippen LogP) is 1.91. The van der Waals surface area contributed by atoms with Gasteiger partial charge in [0.1, 0.15) is 10.0 Å². The molecule has 0 aromatic carbocycles. The maximum Gasteiger partial charge on any atom is 0.118 e. The molecule has 17 heavy (non-hydrogen) atoms. The minimum absolute atomic E-state index is 0.704. The quantitative estimate of drug-likeness (QED) is 0.686. The largest absolute Gasteiger partial charge is 0.383 e. The second-order valence-corrected chi connectivity index (χ2v) is 5.45. The molecule has 0 bridgehead atoms. The highest BCUT2D eigenvalue weighted by atomic mass is 32.1. The van der Waals surface area contributed by atoms with Crippen LogP contribution in [0, 0.1) is 5.92 Å². The third-order valence-corrected chi connectivity index (χ3v) is 3.73. The van der Waals surface area contributed by atoms with Crippen LogP contribution >= 0.6 is 11.3 Å². The van der Waals surface area contributed by atoms with Gasteiger partial charge in [0.15, 0.2) is 0 Å². The van der Waals surface area contributed by atoms with Crippen LogP contribution in [0.25, 0.3) is 0 Å². The number of ether oxygens (including phenoxy) is 1. The standard InChI is InChI=1S/C12H23N3OS/c1-4-10(2)9-12-15-14-11(17-12)5-6-13-7-8-16-3/h10,13H,4-9H2,1-3H3. The molecule has 1 aromatic rings. The summed E-state index contributed by atoms with van der Waals surface area (Å²) in [5.41, 5.74) is 0. The van der Waals surface area contributed by atoms with Crippen LogP contribution in [0.3, 0.4) is 0 Å². The molecule has 0 saturated carbocycles. The Morgan fingerprint density at radius 1 is 1.29 bits per heavy atom. The van der Waals surface area contributed by atoms with Gasteiger partial charge in [0.2, 0.25) is 0 Å². The van der Waals surface area contributed by atoms with Gasteiger partial charge in [0.25, 0.3) is 0 Å². The molecule has 0 radical (unpaired) electrons. The molecule has 1 unspecified atom stereocenters. The van der Waals surface area contributed by atoms with E-state index in [1.165, 1.54) is 11.4 Å². The molecule has 1 aromatic heterocycles. The minimum atomic E-state index is 0.704. The molecule has 1 N–H and O–H groups in total. The van der Waals surface area contributed by atoms with Crippen LogP contribution in [-0.2, 0) is 17.6 Å². The van der Waals surface area contributed by atoms with Crippen molar-refractivity contribution in [3.8, 4) is 0 Å². The molecular formula is C12H23N3OS. The molecule has 5 heteroatoms. The lowest BCUT2D eigenvalue weighted by Crippen LogP contribution is -2.21. The van der Waals surface area contributed by atoms with Crippen LogP contribution in [0.15, 0.2) is 0 Å². The smallest absolute Gasteiger partial charge is 0.118 e. The Labute approximate surface area is 108 Å². The Bertz CT molecular complexity index is 304. The van der Waals surface area contributed by atoms with Gasteiger partial charge in [-0.2, -0.15) is 0 Å². The van der Waals surface area contributed by atoms with Crippen molar-refractivity contribution < 1.29 is 4.74 Å². The summed E-state index contributed by atoms with van der Waals surface area (Å²) in [5, 5.41) is 14.1. The second kappa shape index (κ2) is 8.55. The van der Waals surface area contributed by atoms with E-state index in [-0.39, 0.29) is 0 Å². The number of hydrogen-bond donors (Lipinski definition) is 1. The van der Waals surface area contributed by atoms with E-state index < -0.39 is 0 Å². The highest BCUT2D eigenvalue weighted by Crippen LogP contribution is 2.16. The lowest BCUT2D eigenvalue weighted by atomic mass is 10.1. The first-order chi connectivity index (χ1) is 8.26. The van der Waals surface area contributed by atoms with Crippen molar-refractivity contribution >= 4 is 11.3 Å². The summed E-state index contributed by atoms with van der Waals surface area (Å²) in [6, 6.07) is 0.